The molecule has 2 nitrogen and oxygen atoms in total. The second kappa shape index (κ2) is 11.4. The maximum Gasteiger partial charge on any atom is 0.123 e. The lowest BCUT2D eigenvalue weighted by Crippen LogP contribution is -2.16. The maximum absolute atomic E-state index is 5.83. The van der Waals surface area contributed by atoms with Gasteiger partial charge in [-0.1, -0.05) is 76.2 Å². The fourth-order valence-corrected chi connectivity index (χ4v) is 2.94. The van der Waals surface area contributed by atoms with Gasteiger partial charge in [-0.2, -0.15) is 0 Å². The molecule has 1 atom stereocenters. The molecule has 0 N–H and O–H groups in total. The average Bonchev–Trinajstić information content (AvgIpc) is 3.36. The SMILES string of the molecule is CCCCCCCCCC/C=C/Cc1cccc(OCC2(C)CO2)c1. The number of epoxide rings is 1. The standard InChI is InChI=1S/C23H36O2/c1-3-4-5-6-7-8-9-10-11-12-13-15-21-16-14-17-22(18-21)24-19-23(2)20-25-23/h12-14,16-18H,3-11,15,19-20H2,1-2H3/b13-12+. The van der Waals surface area contributed by atoms with Crippen molar-refractivity contribution in [3.63, 3.8) is 0 Å². The Kier molecular flexibility index (Phi) is 9.10. The fourth-order valence-electron chi connectivity index (χ4n) is 2.94. The molecule has 0 spiro atoms. The first kappa shape index (κ1) is 20.0. The quantitative estimate of drug-likeness (QED) is 0.219. The molecular formula is C23H36O2. The minimum absolute atomic E-state index is 0.0497. The Balaban J connectivity index is 1.52. The highest BCUT2D eigenvalue weighted by Gasteiger charge is 2.40. The molecule has 1 aliphatic heterocycles. The second-order valence-corrected chi connectivity index (χ2v) is 7.61. The highest BCUT2D eigenvalue weighted by Crippen LogP contribution is 2.27. The smallest absolute Gasteiger partial charge is 0.123 e. The van der Waals surface area contributed by atoms with Crippen molar-refractivity contribution in [2.24, 2.45) is 0 Å². The minimum atomic E-state index is -0.0497. The van der Waals surface area contributed by atoms with E-state index in [0.29, 0.717) is 6.61 Å². The van der Waals surface area contributed by atoms with Crippen LogP contribution in [0.2, 0.25) is 0 Å². The van der Waals surface area contributed by atoms with E-state index in [0.717, 1.165) is 18.8 Å². The Morgan fingerprint density at radius 2 is 1.76 bits per heavy atom. The van der Waals surface area contributed by atoms with Gasteiger partial charge in [-0.15, -0.1) is 0 Å². The molecule has 0 amide bonds. The number of allylic oxidation sites excluding steroid dienone is 2. The van der Waals surface area contributed by atoms with Crippen LogP contribution < -0.4 is 4.74 Å². The van der Waals surface area contributed by atoms with Crippen molar-refractivity contribution in [1.82, 2.24) is 0 Å². The monoisotopic (exact) mass is 344 g/mol. The molecular weight excluding hydrogens is 308 g/mol. The Morgan fingerprint density at radius 3 is 2.48 bits per heavy atom. The largest absolute Gasteiger partial charge is 0.490 e. The van der Waals surface area contributed by atoms with Gasteiger partial charge in [-0.25, -0.2) is 0 Å². The van der Waals surface area contributed by atoms with Crippen LogP contribution in [0.4, 0.5) is 0 Å². The zero-order valence-electron chi connectivity index (χ0n) is 16.3. The van der Waals surface area contributed by atoms with Gasteiger partial charge in [-0.3, -0.25) is 0 Å². The molecule has 1 aromatic rings. The van der Waals surface area contributed by atoms with Crippen molar-refractivity contribution in [2.75, 3.05) is 13.2 Å². The molecule has 0 radical (unpaired) electrons. The fraction of sp³-hybridized carbons (Fsp3) is 0.652. The molecule has 1 aromatic carbocycles. The van der Waals surface area contributed by atoms with E-state index in [1.54, 1.807) is 0 Å². The van der Waals surface area contributed by atoms with Crippen molar-refractivity contribution >= 4 is 0 Å². The van der Waals surface area contributed by atoms with Crippen LogP contribution in [0.25, 0.3) is 0 Å². The van der Waals surface area contributed by atoms with Gasteiger partial charge in [0.2, 0.25) is 0 Å². The highest BCUT2D eigenvalue weighted by molar-refractivity contribution is 5.30. The molecule has 2 rings (SSSR count). The summed E-state index contributed by atoms with van der Waals surface area (Å²) in [5.74, 6) is 0.950. The van der Waals surface area contributed by atoms with Crippen molar-refractivity contribution in [1.29, 1.82) is 0 Å². The van der Waals surface area contributed by atoms with Gasteiger partial charge in [0.05, 0.1) is 6.61 Å². The molecule has 1 saturated heterocycles. The molecule has 1 heterocycles. The molecule has 0 aromatic heterocycles. The molecule has 0 bridgehead atoms. The molecule has 1 aliphatic rings. The van der Waals surface area contributed by atoms with Gasteiger partial charge >= 0.3 is 0 Å². The van der Waals surface area contributed by atoms with Gasteiger partial charge in [0.1, 0.15) is 18.0 Å². The van der Waals surface area contributed by atoms with Gasteiger partial charge in [0.15, 0.2) is 0 Å². The summed E-state index contributed by atoms with van der Waals surface area (Å²) < 4.78 is 11.2. The predicted octanol–water partition coefficient (Wildman–Crippen LogP) is 6.48. The topological polar surface area (TPSA) is 21.8 Å². The Hall–Kier alpha value is -1.28. The number of hydrogen-bond donors (Lipinski definition) is 0. The molecule has 2 heteroatoms. The van der Waals surface area contributed by atoms with Crippen LogP contribution in [0.5, 0.6) is 5.75 Å². The Labute approximate surface area is 154 Å². The van der Waals surface area contributed by atoms with E-state index in [1.165, 1.54) is 63.4 Å². The van der Waals surface area contributed by atoms with Gasteiger partial charge < -0.3 is 9.47 Å². The number of benzene rings is 1. The van der Waals surface area contributed by atoms with E-state index >= 15 is 0 Å². The first-order chi connectivity index (χ1) is 12.2. The van der Waals surface area contributed by atoms with Crippen molar-refractivity contribution < 1.29 is 9.47 Å². The normalized spacial score (nSPS) is 19.4. The van der Waals surface area contributed by atoms with Crippen molar-refractivity contribution in [3.8, 4) is 5.75 Å². The summed E-state index contributed by atoms with van der Waals surface area (Å²) in [7, 11) is 0. The van der Waals surface area contributed by atoms with E-state index in [1.807, 2.05) is 6.07 Å². The summed E-state index contributed by atoms with van der Waals surface area (Å²) >= 11 is 0. The molecule has 0 aliphatic carbocycles. The van der Waals surface area contributed by atoms with Crippen molar-refractivity contribution in [2.45, 2.75) is 83.7 Å². The van der Waals surface area contributed by atoms with Crippen LogP contribution >= 0.6 is 0 Å². The van der Waals surface area contributed by atoms with Crippen LogP contribution in [-0.4, -0.2) is 18.8 Å². The van der Waals surface area contributed by atoms with Crippen LogP contribution in [-0.2, 0) is 11.2 Å². The van der Waals surface area contributed by atoms with Crippen LogP contribution in [0.1, 0.15) is 77.2 Å². The number of ether oxygens (including phenoxy) is 2. The highest BCUT2D eigenvalue weighted by atomic mass is 16.6. The summed E-state index contributed by atoms with van der Waals surface area (Å²) in [5.41, 5.74) is 1.26. The second-order valence-electron chi connectivity index (χ2n) is 7.61. The van der Waals surface area contributed by atoms with Crippen LogP contribution in [0.15, 0.2) is 36.4 Å². The third-order valence-corrected chi connectivity index (χ3v) is 4.82. The molecule has 140 valence electrons. The summed E-state index contributed by atoms with van der Waals surface area (Å²) in [4.78, 5) is 0. The first-order valence-corrected chi connectivity index (χ1v) is 10.2. The van der Waals surface area contributed by atoms with E-state index in [9.17, 15) is 0 Å². The van der Waals surface area contributed by atoms with Gasteiger partial charge in [0, 0.05) is 0 Å². The average molecular weight is 345 g/mol. The summed E-state index contributed by atoms with van der Waals surface area (Å²) in [6.07, 6.45) is 17.9. The predicted molar refractivity (Wildman–Crippen MR) is 106 cm³/mol. The minimum Gasteiger partial charge on any atom is -0.490 e. The van der Waals surface area contributed by atoms with E-state index in [2.05, 4.69) is 44.2 Å². The lowest BCUT2D eigenvalue weighted by Gasteiger charge is -2.09. The summed E-state index contributed by atoms with van der Waals surface area (Å²) in [5, 5.41) is 0. The number of unbranched alkanes of at least 4 members (excludes halogenated alkanes) is 8. The van der Waals surface area contributed by atoms with Crippen LogP contribution in [0.3, 0.4) is 0 Å². The maximum atomic E-state index is 5.83. The van der Waals surface area contributed by atoms with E-state index in [4.69, 9.17) is 9.47 Å². The third-order valence-electron chi connectivity index (χ3n) is 4.82. The molecule has 1 fully saturated rings. The first-order valence-electron chi connectivity index (χ1n) is 10.2. The van der Waals surface area contributed by atoms with Crippen LogP contribution in [0, 0.1) is 0 Å². The summed E-state index contributed by atoms with van der Waals surface area (Å²) in [6, 6.07) is 8.42. The Bertz CT molecular complexity index is 503. The lowest BCUT2D eigenvalue weighted by atomic mass is 10.1. The molecule has 0 saturated carbocycles. The summed E-state index contributed by atoms with van der Waals surface area (Å²) in [6.45, 7) is 5.82. The number of hydrogen-bond acceptors (Lipinski definition) is 2. The number of rotatable bonds is 14. The zero-order valence-corrected chi connectivity index (χ0v) is 16.3. The zero-order chi connectivity index (χ0) is 17.8. The Morgan fingerprint density at radius 1 is 1.04 bits per heavy atom. The van der Waals surface area contributed by atoms with Crippen molar-refractivity contribution in [3.05, 3.63) is 42.0 Å². The molecule has 25 heavy (non-hydrogen) atoms. The third kappa shape index (κ3) is 9.11. The lowest BCUT2D eigenvalue weighted by molar-refractivity contribution is 0.202. The van der Waals surface area contributed by atoms with Gasteiger partial charge in [-0.05, 0) is 43.9 Å². The van der Waals surface area contributed by atoms with Gasteiger partial charge in [0.25, 0.3) is 0 Å². The van der Waals surface area contributed by atoms with E-state index in [-0.39, 0.29) is 5.60 Å². The van der Waals surface area contributed by atoms with E-state index < -0.39 is 0 Å². The molecule has 1 unspecified atom stereocenters.